The largest absolute Gasteiger partial charge is 0.573 e. The maximum absolute atomic E-state index is 14.3. The van der Waals surface area contributed by atoms with E-state index in [9.17, 15) is 35.1 Å². The average Bonchev–Trinajstić information content (AvgIpc) is 2.79. The number of ether oxygens (including phenoxy) is 6. The topological polar surface area (TPSA) is 81.2 Å². The van der Waals surface area contributed by atoms with Gasteiger partial charge in [0.05, 0.1) is 25.6 Å². The van der Waals surface area contributed by atoms with Gasteiger partial charge in [-0.3, -0.25) is 0 Å². The molecule has 0 radical (unpaired) electrons. The fourth-order valence-electron chi connectivity index (χ4n) is 2.73. The van der Waals surface area contributed by atoms with Crippen molar-refractivity contribution in [3.63, 3.8) is 0 Å². The minimum absolute atomic E-state index is 0.188. The van der Waals surface area contributed by atoms with E-state index in [1.54, 1.807) is 0 Å². The summed E-state index contributed by atoms with van der Waals surface area (Å²) < 4.78 is 135. The van der Waals surface area contributed by atoms with Crippen LogP contribution in [0.15, 0.2) is 30.6 Å². The second-order valence-corrected chi connectivity index (χ2v) is 7.16. The van der Waals surface area contributed by atoms with Crippen LogP contribution >= 0.6 is 0 Å². The summed E-state index contributed by atoms with van der Waals surface area (Å²) >= 11 is 0. The molecule has 200 valence electrons. The summed E-state index contributed by atoms with van der Waals surface area (Å²) in [6.45, 7) is 1.87. The zero-order valence-electron chi connectivity index (χ0n) is 18.2. The lowest BCUT2D eigenvalue weighted by molar-refractivity contribution is -0.357. The van der Waals surface area contributed by atoms with Crippen LogP contribution in [0.2, 0.25) is 0 Å². The van der Waals surface area contributed by atoms with E-state index in [0.717, 1.165) is 0 Å². The zero-order valence-corrected chi connectivity index (χ0v) is 18.2. The van der Waals surface area contributed by atoms with E-state index in [-0.39, 0.29) is 19.3 Å². The molecule has 3 rings (SSSR count). The summed E-state index contributed by atoms with van der Waals surface area (Å²) in [6, 6.07) is 1.22. The van der Waals surface area contributed by atoms with E-state index in [1.807, 2.05) is 6.92 Å². The van der Waals surface area contributed by atoms with Crippen molar-refractivity contribution in [2.45, 2.75) is 44.3 Å². The first-order chi connectivity index (χ1) is 16.8. The fourth-order valence-corrected chi connectivity index (χ4v) is 2.73. The van der Waals surface area contributed by atoms with Crippen molar-refractivity contribution in [1.29, 1.82) is 0 Å². The molecule has 1 fully saturated rings. The van der Waals surface area contributed by atoms with Gasteiger partial charge in [0.1, 0.15) is 11.9 Å². The lowest BCUT2D eigenvalue weighted by Crippen LogP contribution is -2.49. The van der Waals surface area contributed by atoms with Gasteiger partial charge in [0.2, 0.25) is 5.82 Å². The van der Waals surface area contributed by atoms with Crippen LogP contribution in [0.4, 0.5) is 35.1 Å². The van der Waals surface area contributed by atoms with E-state index in [0.29, 0.717) is 37.6 Å². The van der Waals surface area contributed by atoms with Crippen molar-refractivity contribution >= 4 is 0 Å². The number of halogens is 8. The molecule has 1 aliphatic heterocycles. The average molecular weight is 534 g/mol. The van der Waals surface area contributed by atoms with Gasteiger partial charge in [-0.2, -0.15) is 17.6 Å². The van der Waals surface area contributed by atoms with Gasteiger partial charge in [-0.05, 0) is 18.6 Å². The van der Waals surface area contributed by atoms with E-state index in [2.05, 4.69) is 24.2 Å². The quantitative estimate of drug-likeness (QED) is 0.403. The Bertz CT molecular complexity index is 1000. The maximum Gasteiger partial charge on any atom is 0.573 e. The summed E-state index contributed by atoms with van der Waals surface area (Å²) in [4.78, 5) is 6.39. The third-order valence-corrected chi connectivity index (χ3v) is 4.22. The van der Waals surface area contributed by atoms with Crippen LogP contribution in [0.3, 0.4) is 0 Å². The first kappa shape index (κ1) is 27.6. The van der Waals surface area contributed by atoms with Crippen molar-refractivity contribution < 1.29 is 63.5 Å². The first-order valence-corrected chi connectivity index (χ1v) is 10.2. The molecular formula is C20H18F8N2O6. The number of aromatic nitrogens is 2. The lowest BCUT2D eigenvalue weighted by atomic mass is 10.3. The van der Waals surface area contributed by atoms with Gasteiger partial charge >= 0.3 is 18.6 Å². The monoisotopic (exact) mass is 534 g/mol. The second kappa shape index (κ2) is 11.0. The summed E-state index contributed by atoms with van der Waals surface area (Å²) in [5.41, 5.74) is 0. The van der Waals surface area contributed by atoms with Gasteiger partial charge in [-0.1, -0.05) is 6.92 Å². The van der Waals surface area contributed by atoms with Crippen molar-refractivity contribution in [3.05, 3.63) is 42.2 Å². The summed E-state index contributed by atoms with van der Waals surface area (Å²) in [5.74, 6) is -5.86. The van der Waals surface area contributed by atoms with E-state index >= 15 is 0 Å². The Labute approximate surface area is 198 Å². The van der Waals surface area contributed by atoms with Gasteiger partial charge in [-0.25, -0.2) is 14.4 Å². The Balaban J connectivity index is 1.60. The van der Waals surface area contributed by atoms with Crippen molar-refractivity contribution in [1.82, 2.24) is 9.97 Å². The molecule has 1 aliphatic rings. The molecule has 2 heterocycles. The van der Waals surface area contributed by atoms with E-state index in [4.69, 9.17) is 14.2 Å². The van der Waals surface area contributed by atoms with Crippen molar-refractivity contribution in [2.24, 2.45) is 0 Å². The third kappa shape index (κ3) is 7.51. The number of benzene rings is 1. The molecule has 0 spiro atoms. The molecule has 1 saturated heterocycles. The number of hydrogen-bond donors (Lipinski definition) is 0. The minimum Gasteiger partial charge on any atom is -0.426 e. The third-order valence-electron chi connectivity index (χ3n) is 4.22. The molecule has 2 aromatic rings. The number of nitrogens with zero attached hydrogens (tertiary/aromatic N) is 2. The number of rotatable bonds is 10. The fraction of sp³-hybridized carbons (Fsp3) is 0.500. The Hall–Kier alpha value is -2.98. The smallest absolute Gasteiger partial charge is 0.426 e. The van der Waals surface area contributed by atoms with Gasteiger partial charge in [0, 0.05) is 12.7 Å². The SMILES string of the molecule is CCCOC1COC(C(F)(F)Oc2cnc(C(F)(F)Oc3ccc(OC(F)(F)F)c(F)c3)nc2)OC1. The van der Waals surface area contributed by atoms with Crippen molar-refractivity contribution in [3.8, 4) is 17.2 Å². The van der Waals surface area contributed by atoms with Crippen LogP contribution in [-0.2, 0) is 20.3 Å². The van der Waals surface area contributed by atoms with Gasteiger partial charge < -0.3 is 28.4 Å². The van der Waals surface area contributed by atoms with E-state index < -0.39 is 59.9 Å². The predicted octanol–water partition coefficient (Wildman–Crippen LogP) is 4.78. The van der Waals surface area contributed by atoms with Gasteiger partial charge in [-0.15, -0.1) is 13.2 Å². The van der Waals surface area contributed by atoms with Gasteiger partial charge in [0.25, 0.3) is 6.29 Å². The number of alkyl halides is 7. The Morgan fingerprint density at radius 3 is 2.11 bits per heavy atom. The normalized spacial score (nSPS) is 19.1. The van der Waals surface area contributed by atoms with Crippen LogP contribution < -0.4 is 14.2 Å². The van der Waals surface area contributed by atoms with Gasteiger partial charge in [0.15, 0.2) is 17.3 Å². The molecule has 0 saturated carbocycles. The Kier molecular flexibility index (Phi) is 8.40. The Morgan fingerprint density at radius 1 is 0.917 bits per heavy atom. The molecule has 0 bridgehead atoms. The molecule has 16 heteroatoms. The summed E-state index contributed by atoms with van der Waals surface area (Å²) in [7, 11) is 0. The second-order valence-electron chi connectivity index (χ2n) is 7.16. The molecule has 0 aliphatic carbocycles. The zero-order chi connectivity index (χ0) is 26.6. The highest BCUT2D eigenvalue weighted by atomic mass is 19.4. The van der Waals surface area contributed by atoms with Crippen LogP contribution in [-0.4, -0.2) is 54.7 Å². The lowest BCUT2D eigenvalue weighted by Gasteiger charge is -2.33. The highest BCUT2D eigenvalue weighted by molar-refractivity contribution is 5.33. The highest BCUT2D eigenvalue weighted by Crippen LogP contribution is 2.34. The molecule has 36 heavy (non-hydrogen) atoms. The molecule has 0 N–H and O–H groups in total. The maximum atomic E-state index is 14.3. The van der Waals surface area contributed by atoms with Crippen molar-refractivity contribution in [2.75, 3.05) is 19.8 Å². The molecular weight excluding hydrogens is 516 g/mol. The van der Waals surface area contributed by atoms with E-state index in [1.165, 1.54) is 0 Å². The first-order valence-electron chi connectivity index (χ1n) is 10.2. The molecule has 1 aromatic heterocycles. The minimum atomic E-state index is -5.21. The summed E-state index contributed by atoms with van der Waals surface area (Å²) in [6.07, 6.45) is -14.5. The van der Waals surface area contributed by atoms with Crippen LogP contribution in [0, 0.1) is 5.82 Å². The molecule has 8 nitrogen and oxygen atoms in total. The standard InChI is InChI=1S/C20H18F8N2O6/c1-2-5-31-13-9-32-17(33-10-13)19(24,25)35-12-7-29-16(30-8-12)18(22,23)34-11-3-4-15(14(21)6-11)36-20(26,27)28/h3-4,6-8,13,17H,2,5,9-10H2,1H3. The molecule has 0 unspecified atom stereocenters. The number of hydrogen-bond acceptors (Lipinski definition) is 8. The molecule has 0 amide bonds. The predicted molar refractivity (Wildman–Crippen MR) is 101 cm³/mol. The van der Waals surface area contributed by atoms with Crippen LogP contribution in [0.25, 0.3) is 0 Å². The van der Waals surface area contributed by atoms with Crippen LogP contribution in [0.5, 0.6) is 17.2 Å². The van der Waals surface area contributed by atoms with Crippen LogP contribution in [0.1, 0.15) is 19.2 Å². The highest BCUT2D eigenvalue weighted by Gasteiger charge is 2.48. The molecule has 1 aromatic carbocycles. The summed E-state index contributed by atoms with van der Waals surface area (Å²) in [5, 5.41) is 0. The Morgan fingerprint density at radius 2 is 1.56 bits per heavy atom. The molecule has 0 atom stereocenters.